The Bertz CT molecular complexity index is 2110. The van der Waals surface area contributed by atoms with Crippen molar-refractivity contribution in [2.75, 3.05) is 4.90 Å². The van der Waals surface area contributed by atoms with E-state index in [1.807, 2.05) is 18.2 Å². The molecule has 4 aromatic carbocycles. The van der Waals surface area contributed by atoms with Crippen LogP contribution in [-0.2, 0) is 31.5 Å². The molecule has 0 spiro atoms. The summed E-state index contributed by atoms with van der Waals surface area (Å²) in [5.74, 6) is 0. The van der Waals surface area contributed by atoms with Gasteiger partial charge in [-0.05, 0) is 185 Å². The van der Waals surface area contributed by atoms with E-state index in [4.69, 9.17) is 18.6 Å². The smallest absolute Gasteiger partial charge is 0.399 e. The van der Waals surface area contributed by atoms with Crippen molar-refractivity contribution in [2.45, 2.75) is 182 Å². The fourth-order valence-electron chi connectivity index (χ4n) is 8.00. The van der Waals surface area contributed by atoms with Crippen molar-refractivity contribution in [2.24, 2.45) is 0 Å². The van der Waals surface area contributed by atoms with Crippen molar-refractivity contribution in [3.8, 4) is 0 Å². The van der Waals surface area contributed by atoms with E-state index < -0.39 is 14.2 Å². The van der Waals surface area contributed by atoms with Gasteiger partial charge < -0.3 is 23.5 Å². The van der Waals surface area contributed by atoms with Crippen LogP contribution in [0.1, 0.15) is 157 Å². The molecule has 2 aliphatic heterocycles. The first kappa shape index (κ1) is 57.2. The molecule has 0 aliphatic carbocycles. The summed E-state index contributed by atoms with van der Waals surface area (Å²) in [5, 5.41) is 2.16. The summed E-state index contributed by atoms with van der Waals surface area (Å²) in [6, 6.07) is 34.4. The maximum Gasteiger partial charge on any atom is 0.494 e. The van der Waals surface area contributed by atoms with Crippen LogP contribution in [0.4, 0.5) is 17.1 Å². The Kier molecular flexibility index (Phi) is 22.5. The average Bonchev–Trinajstić information content (AvgIpc) is 3.87. The lowest BCUT2D eigenvalue weighted by molar-refractivity contribution is 0.00578. The van der Waals surface area contributed by atoms with E-state index >= 15 is 0 Å². The maximum absolute atomic E-state index is 6.32. The van der Waals surface area contributed by atoms with Gasteiger partial charge >= 0.3 is 14.2 Å². The van der Waals surface area contributed by atoms with Gasteiger partial charge in [0.15, 0.2) is 0 Å². The van der Waals surface area contributed by atoms with Gasteiger partial charge in [0, 0.05) is 30.5 Å². The molecule has 5 aromatic rings. The topological polar surface area (TPSA) is 40.2 Å². The number of aryl methyl sites for hydroxylation is 2. The van der Waals surface area contributed by atoms with Crippen molar-refractivity contribution in [3.63, 3.8) is 0 Å². The van der Waals surface area contributed by atoms with E-state index in [2.05, 4.69) is 222 Å². The molecular formula is C56H75B2Br4NO4S. The Balaban J connectivity index is 0.000000305. The summed E-state index contributed by atoms with van der Waals surface area (Å²) in [6.07, 6.45) is 18.6. The Morgan fingerprint density at radius 3 is 1.13 bits per heavy atom. The first-order valence-corrected chi connectivity index (χ1v) is 28.9. The summed E-state index contributed by atoms with van der Waals surface area (Å²) in [4.78, 5) is 2.30. The number of halogens is 4. The lowest BCUT2D eigenvalue weighted by atomic mass is 9.79. The van der Waals surface area contributed by atoms with E-state index in [-0.39, 0.29) is 22.4 Å². The minimum Gasteiger partial charge on any atom is -0.399 e. The third kappa shape index (κ3) is 16.7. The summed E-state index contributed by atoms with van der Waals surface area (Å²) in [7, 11) is -0.782. The van der Waals surface area contributed by atoms with Crippen LogP contribution in [0, 0.1) is 0 Å². The second-order valence-corrected chi connectivity index (χ2v) is 25.2. The molecule has 7 rings (SSSR count). The van der Waals surface area contributed by atoms with Crippen LogP contribution in [0.25, 0.3) is 0 Å². The predicted molar refractivity (Wildman–Crippen MR) is 308 cm³/mol. The Labute approximate surface area is 449 Å². The first-order chi connectivity index (χ1) is 32.3. The molecule has 3 heterocycles. The highest BCUT2D eigenvalue weighted by Crippen LogP contribution is 2.39. The van der Waals surface area contributed by atoms with E-state index in [0.29, 0.717) is 0 Å². The van der Waals surface area contributed by atoms with Crippen molar-refractivity contribution >= 4 is 117 Å². The Morgan fingerprint density at radius 1 is 0.441 bits per heavy atom. The molecule has 0 atom stereocenters. The standard InChI is InChI=1S/C38H53B2NO4.C12H19BrS.C6H3Br3/c1-10-11-12-13-14-15-16-29-17-23-32(24-18-29)41(33-25-19-30(20-26-33)39-42-35(2,3)36(4,5)43-39)34-27-21-31(22-28-34)40-44-37(6,7)38(8,9)45-40;1-2-3-4-5-6-7-8-11-9-10-14-12(11)13;7-4-1-5(8)3-6(9)2-4/h17-28H,10-16H2,1-9H3;9-10H,2-8H2,1H3;1-3H. The normalized spacial score (nSPS) is 16.5. The molecule has 0 saturated carbocycles. The number of rotatable bonds is 19. The fraction of sp³-hybridized carbons (Fsp3) is 0.500. The second-order valence-electron chi connectivity index (χ2n) is 20.2. The lowest BCUT2D eigenvalue weighted by Gasteiger charge is -2.32. The number of hydrogen-bond acceptors (Lipinski definition) is 6. The molecule has 2 saturated heterocycles. The molecule has 0 N–H and O–H groups in total. The minimum absolute atomic E-state index is 0.376. The van der Waals surface area contributed by atoms with E-state index in [9.17, 15) is 0 Å². The van der Waals surface area contributed by atoms with Crippen LogP contribution in [0.5, 0.6) is 0 Å². The van der Waals surface area contributed by atoms with Crippen molar-refractivity contribution in [3.05, 3.63) is 131 Å². The van der Waals surface area contributed by atoms with Crippen LogP contribution in [-0.4, -0.2) is 36.6 Å². The SMILES string of the molecule is Brc1cc(Br)cc(Br)c1.CCCCCCCCc1ccc(N(c2ccc(B3OC(C)(C)C(C)(C)O3)cc2)c2ccc(B3OC(C)(C)C(C)(C)O3)cc2)cc1.CCCCCCCCc1ccsc1Br. The average molecular weight is 1200 g/mol. The predicted octanol–water partition coefficient (Wildman–Crippen LogP) is 18.0. The number of nitrogens with zero attached hydrogens (tertiary/aromatic N) is 1. The summed E-state index contributed by atoms with van der Waals surface area (Å²) in [6.45, 7) is 21.3. The van der Waals surface area contributed by atoms with Gasteiger partial charge in [-0.1, -0.05) is 162 Å². The molecule has 1 aromatic heterocycles. The number of anilines is 3. The third-order valence-electron chi connectivity index (χ3n) is 13.7. The summed E-state index contributed by atoms with van der Waals surface area (Å²) in [5.41, 5.74) is 6.67. The van der Waals surface area contributed by atoms with Gasteiger partial charge in [-0.15, -0.1) is 11.3 Å². The quantitative estimate of drug-likeness (QED) is 0.0609. The highest BCUT2D eigenvalue weighted by Gasteiger charge is 2.52. The molecular weight excluding hydrogens is 1120 g/mol. The minimum atomic E-state index is -0.391. The van der Waals surface area contributed by atoms with Gasteiger partial charge in [0.05, 0.1) is 26.2 Å². The van der Waals surface area contributed by atoms with E-state index in [1.165, 1.54) is 98.4 Å². The number of hydrogen-bond donors (Lipinski definition) is 0. The van der Waals surface area contributed by atoms with Gasteiger partial charge in [0.25, 0.3) is 0 Å². The van der Waals surface area contributed by atoms with Gasteiger partial charge in [0.2, 0.25) is 0 Å². The molecule has 2 aliphatic rings. The Morgan fingerprint density at radius 2 is 0.779 bits per heavy atom. The Hall–Kier alpha value is -1.73. The van der Waals surface area contributed by atoms with Gasteiger partial charge in [-0.25, -0.2) is 0 Å². The molecule has 12 heteroatoms. The molecule has 2 fully saturated rings. The maximum atomic E-state index is 6.32. The van der Waals surface area contributed by atoms with Gasteiger partial charge in [0.1, 0.15) is 0 Å². The highest BCUT2D eigenvalue weighted by atomic mass is 79.9. The molecule has 368 valence electrons. The zero-order valence-electron chi connectivity index (χ0n) is 42.4. The highest BCUT2D eigenvalue weighted by molar-refractivity contribution is 9.11. The molecule has 5 nitrogen and oxygen atoms in total. The van der Waals surface area contributed by atoms with E-state index in [1.54, 1.807) is 11.3 Å². The zero-order chi connectivity index (χ0) is 49.5. The van der Waals surface area contributed by atoms with Crippen LogP contribution in [0.15, 0.2) is 120 Å². The summed E-state index contributed by atoms with van der Waals surface area (Å²) < 4.78 is 29.8. The molecule has 0 bridgehead atoms. The zero-order valence-corrected chi connectivity index (χ0v) is 49.5. The van der Waals surface area contributed by atoms with Crippen LogP contribution in [0.2, 0.25) is 0 Å². The van der Waals surface area contributed by atoms with Crippen LogP contribution >= 0.6 is 75.1 Å². The van der Waals surface area contributed by atoms with Crippen LogP contribution in [0.3, 0.4) is 0 Å². The van der Waals surface area contributed by atoms with Crippen molar-refractivity contribution in [1.82, 2.24) is 0 Å². The lowest BCUT2D eigenvalue weighted by Crippen LogP contribution is -2.41. The molecule has 0 unspecified atom stereocenters. The third-order valence-corrected chi connectivity index (χ3v) is 16.9. The largest absolute Gasteiger partial charge is 0.494 e. The monoisotopic (exact) mass is 1200 g/mol. The van der Waals surface area contributed by atoms with E-state index in [0.717, 1.165) is 47.8 Å². The number of unbranched alkanes of at least 4 members (excludes halogenated alkanes) is 10. The summed E-state index contributed by atoms with van der Waals surface area (Å²) >= 11 is 15.4. The fourth-order valence-corrected chi connectivity index (χ4v) is 11.7. The molecule has 0 amide bonds. The van der Waals surface area contributed by atoms with Crippen molar-refractivity contribution in [1.29, 1.82) is 0 Å². The van der Waals surface area contributed by atoms with Crippen molar-refractivity contribution < 1.29 is 18.6 Å². The molecule has 68 heavy (non-hydrogen) atoms. The van der Waals surface area contributed by atoms with Gasteiger partial charge in [-0.3, -0.25) is 0 Å². The van der Waals surface area contributed by atoms with Crippen LogP contribution < -0.4 is 15.8 Å². The van der Waals surface area contributed by atoms with Gasteiger partial charge in [-0.2, -0.15) is 0 Å². The first-order valence-electron chi connectivity index (χ1n) is 24.9. The number of thiophene rings is 1. The number of benzene rings is 4. The second kappa shape index (κ2) is 26.8. The molecule has 0 radical (unpaired) electrons.